The lowest BCUT2D eigenvalue weighted by atomic mass is 9.98. The lowest BCUT2D eigenvalue weighted by Gasteiger charge is -2.20. The summed E-state index contributed by atoms with van der Waals surface area (Å²) in [4.78, 5) is 0. The molecule has 0 rings (SSSR count). The first-order chi connectivity index (χ1) is 7.74. The fourth-order valence-corrected chi connectivity index (χ4v) is 1.65. The molecule has 2 atom stereocenters. The number of hydrogen-bond donors (Lipinski definition) is 1. The minimum atomic E-state index is 0.651. The van der Waals surface area contributed by atoms with Gasteiger partial charge < -0.3 is 10.1 Å². The minimum Gasteiger partial charge on any atom is -0.380 e. The minimum absolute atomic E-state index is 0.651. The van der Waals surface area contributed by atoms with E-state index in [4.69, 9.17) is 4.74 Å². The molecule has 1 N–H and O–H groups in total. The highest BCUT2D eigenvalue weighted by Crippen LogP contribution is 2.11. The molecule has 0 aromatic carbocycles. The molecule has 0 amide bonds. The van der Waals surface area contributed by atoms with E-state index in [2.05, 4.69) is 32.7 Å². The summed E-state index contributed by atoms with van der Waals surface area (Å²) in [5.41, 5.74) is 0. The Labute approximate surface area is 101 Å². The van der Waals surface area contributed by atoms with Crippen molar-refractivity contribution in [1.29, 1.82) is 0 Å². The van der Waals surface area contributed by atoms with Gasteiger partial charge in [-0.2, -0.15) is 0 Å². The van der Waals surface area contributed by atoms with Crippen molar-refractivity contribution in [2.24, 2.45) is 5.92 Å². The van der Waals surface area contributed by atoms with E-state index in [1.807, 2.05) is 6.08 Å². The van der Waals surface area contributed by atoms with Gasteiger partial charge in [-0.05, 0) is 25.2 Å². The van der Waals surface area contributed by atoms with Gasteiger partial charge in [-0.25, -0.2) is 0 Å². The van der Waals surface area contributed by atoms with E-state index in [0.717, 1.165) is 32.1 Å². The zero-order chi connectivity index (χ0) is 12.2. The Kier molecular flexibility index (Phi) is 10.9. The van der Waals surface area contributed by atoms with Gasteiger partial charge in [0.1, 0.15) is 0 Å². The molecule has 0 bridgehead atoms. The van der Waals surface area contributed by atoms with Crippen LogP contribution in [-0.4, -0.2) is 25.8 Å². The van der Waals surface area contributed by atoms with Crippen LogP contribution < -0.4 is 5.32 Å². The lowest BCUT2D eigenvalue weighted by molar-refractivity contribution is 0.137. The van der Waals surface area contributed by atoms with Crippen LogP contribution in [0.3, 0.4) is 0 Å². The maximum absolute atomic E-state index is 5.47. The van der Waals surface area contributed by atoms with E-state index in [-0.39, 0.29) is 0 Å². The van der Waals surface area contributed by atoms with Crippen molar-refractivity contribution in [2.45, 2.75) is 52.5 Å². The van der Waals surface area contributed by atoms with Crippen LogP contribution >= 0.6 is 0 Å². The van der Waals surface area contributed by atoms with Crippen LogP contribution in [0, 0.1) is 5.92 Å². The van der Waals surface area contributed by atoms with E-state index in [1.54, 1.807) is 0 Å². The van der Waals surface area contributed by atoms with Gasteiger partial charge >= 0.3 is 0 Å². The summed E-state index contributed by atoms with van der Waals surface area (Å²) in [6.45, 7) is 13.1. The summed E-state index contributed by atoms with van der Waals surface area (Å²) in [7, 11) is 0. The molecule has 16 heavy (non-hydrogen) atoms. The Balaban J connectivity index is 3.43. The van der Waals surface area contributed by atoms with Crippen LogP contribution in [0.2, 0.25) is 0 Å². The first-order valence-electron chi connectivity index (χ1n) is 6.66. The van der Waals surface area contributed by atoms with Gasteiger partial charge in [0.15, 0.2) is 0 Å². The fraction of sp³-hybridized carbons (Fsp3) is 0.857. The second kappa shape index (κ2) is 11.2. The highest BCUT2D eigenvalue weighted by molar-refractivity contribution is 4.68. The van der Waals surface area contributed by atoms with Gasteiger partial charge in [-0.1, -0.05) is 33.3 Å². The second-order valence-corrected chi connectivity index (χ2v) is 4.50. The van der Waals surface area contributed by atoms with Crippen molar-refractivity contribution >= 4 is 0 Å². The first-order valence-corrected chi connectivity index (χ1v) is 6.66. The number of rotatable bonds is 11. The molecule has 0 spiro atoms. The standard InChI is InChI=1S/C14H29NO/c1-5-8-10-16-11-9-15-14(7-3)12-13(4)6-2/h5,13-15H,1,6-12H2,2-4H3. The Hall–Kier alpha value is -0.340. The average Bonchev–Trinajstić information content (AvgIpc) is 2.31. The Morgan fingerprint density at radius 2 is 2.00 bits per heavy atom. The first kappa shape index (κ1) is 15.7. The van der Waals surface area contributed by atoms with Gasteiger partial charge in [0.05, 0.1) is 13.2 Å². The van der Waals surface area contributed by atoms with Crippen LogP contribution in [0.25, 0.3) is 0 Å². The predicted molar refractivity (Wildman–Crippen MR) is 71.8 cm³/mol. The molecule has 2 heteroatoms. The summed E-state index contributed by atoms with van der Waals surface area (Å²) in [5, 5.41) is 3.56. The third-order valence-corrected chi connectivity index (χ3v) is 3.02. The van der Waals surface area contributed by atoms with E-state index >= 15 is 0 Å². The largest absolute Gasteiger partial charge is 0.380 e. The molecular formula is C14H29NO. The van der Waals surface area contributed by atoms with E-state index in [0.29, 0.717) is 6.04 Å². The normalized spacial score (nSPS) is 14.7. The molecule has 0 saturated heterocycles. The summed E-state index contributed by atoms with van der Waals surface area (Å²) >= 11 is 0. The molecule has 0 aliphatic carbocycles. The van der Waals surface area contributed by atoms with Gasteiger partial charge in [-0.15, -0.1) is 6.58 Å². The molecule has 0 aromatic heterocycles. The average molecular weight is 227 g/mol. The van der Waals surface area contributed by atoms with E-state index < -0.39 is 0 Å². The van der Waals surface area contributed by atoms with Crippen molar-refractivity contribution in [3.63, 3.8) is 0 Å². The SMILES string of the molecule is C=CCCOCCNC(CC)CC(C)CC. The van der Waals surface area contributed by atoms with E-state index in [1.165, 1.54) is 19.3 Å². The summed E-state index contributed by atoms with van der Waals surface area (Å²) < 4.78 is 5.47. The third-order valence-electron chi connectivity index (χ3n) is 3.02. The highest BCUT2D eigenvalue weighted by atomic mass is 16.5. The van der Waals surface area contributed by atoms with Crippen molar-refractivity contribution < 1.29 is 4.74 Å². The van der Waals surface area contributed by atoms with Crippen LogP contribution in [-0.2, 0) is 4.74 Å². The molecule has 0 aliphatic heterocycles. The fourth-order valence-electron chi connectivity index (χ4n) is 1.65. The molecular weight excluding hydrogens is 198 g/mol. The van der Waals surface area contributed by atoms with Gasteiger partial charge in [0, 0.05) is 12.6 Å². The number of nitrogens with one attached hydrogen (secondary N) is 1. The lowest BCUT2D eigenvalue weighted by Crippen LogP contribution is -2.32. The molecule has 96 valence electrons. The quantitative estimate of drug-likeness (QED) is 0.431. The van der Waals surface area contributed by atoms with Crippen molar-refractivity contribution in [3.8, 4) is 0 Å². The zero-order valence-corrected chi connectivity index (χ0v) is 11.3. The molecule has 0 aromatic rings. The summed E-state index contributed by atoms with van der Waals surface area (Å²) in [6.07, 6.45) is 6.60. The van der Waals surface area contributed by atoms with E-state index in [9.17, 15) is 0 Å². The Bertz CT molecular complexity index is 159. The van der Waals surface area contributed by atoms with Crippen molar-refractivity contribution in [3.05, 3.63) is 12.7 Å². The molecule has 0 fully saturated rings. The Morgan fingerprint density at radius 3 is 2.56 bits per heavy atom. The second-order valence-electron chi connectivity index (χ2n) is 4.50. The van der Waals surface area contributed by atoms with Crippen molar-refractivity contribution in [1.82, 2.24) is 5.32 Å². The zero-order valence-electron chi connectivity index (χ0n) is 11.3. The summed E-state index contributed by atoms with van der Waals surface area (Å²) in [5.74, 6) is 0.819. The maximum Gasteiger partial charge on any atom is 0.0591 e. The number of hydrogen-bond acceptors (Lipinski definition) is 2. The van der Waals surface area contributed by atoms with Gasteiger partial charge in [-0.3, -0.25) is 0 Å². The van der Waals surface area contributed by atoms with Crippen molar-refractivity contribution in [2.75, 3.05) is 19.8 Å². The summed E-state index contributed by atoms with van der Waals surface area (Å²) in [6, 6.07) is 0.651. The molecule has 0 saturated carbocycles. The maximum atomic E-state index is 5.47. The topological polar surface area (TPSA) is 21.3 Å². The molecule has 0 aliphatic rings. The van der Waals surface area contributed by atoms with Crippen LogP contribution in [0.15, 0.2) is 12.7 Å². The van der Waals surface area contributed by atoms with Crippen LogP contribution in [0.5, 0.6) is 0 Å². The molecule has 2 unspecified atom stereocenters. The van der Waals surface area contributed by atoms with Crippen LogP contribution in [0.1, 0.15) is 46.5 Å². The molecule has 0 heterocycles. The van der Waals surface area contributed by atoms with Gasteiger partial charge in [0.25, 0.3) is 0 Å². The predicted octanol–water partition coefficient (Wildman–Crippen LogP) is 3.38. The highest BCUT2D eigenvalue weighted by Gasteiger charge is 2.08. The monoisotopic (exact) mass is 227 g/mol. The molecule has 2 nitrogen and oxygen atoms in total. The van der Waals surface area contributed by atoms with Gasteiger partial charge in [0.2, 0.25) is 0 Å². The molecule has 0 radical (unpaired) electrons. The van der Waals surface area contributed by atoms with Crippen LogP contribution in [0.4, 0.5) is 0 Å². The number of ether oxygens (including phenoxy) is 1. The Morgan fingerprint density at radius 1 is 1.25 bits per heavy atom. The third kappa shape index (κ3) is 8.93. The smallest absolute Gasteiger partial charge is 0.0591 e.